The molecule has 1 aromatic rings. The number of nitrogens with zero attached hydrogens (tertiary/aromatic N) is 3. The molecule has 78 valence electrons. The lowest BCUT2D eigenvalue weighted by Crippen LogP contribution is -2.27. The van der Waals surface area contributed by atoms with Crippen LogP contribution in [0.2, 0.25) is 0 Å². The number of aromatic nitrogens is 2. The summed E-state index contributed by atoms with van der Waals surface area (Å²) >= 11 is 0. The summed E-state index contributed by atoms with van der Waals surface area (Å²) < 4.78 is 1.79. The first-order chi connectivity index (χ1) is 6.72. The molecule has 1 fully saturated rings. The zero-order valence-corrected chi connectivity index (χ0v) is 8.90. The monoisotopic (exact) mass is 194 g/mol. The quantitative estimate of drug-likeness (QED) is 0.787. The summed E-state index contributed by atoms with van der Waals surface area (Å²) in [5.41, 5.74) is 6.71. The molecule has 4 nitrogen and oxygen atoms in total. The van der Waals surface area contributed by atoms with Gasteiger partial charge in [-0.05, 0) is 19.3 Å². The molecule has 0 bridgehead atoms. The first-order valence-corrected chi connectivity index (χ1v) is 5.28. The molecule has 1 aromatic heterocycles. The van der Waals surface area contributed by atoms with Crippen LogP contribution in [0.15, 0.2) is 6.20 Å². The van der Waals surface area contributed by atoms with Gasteiger partial charge in [0.1, 0.15) is 0 Å². The lowest BCUT2D eigenvalue weighted by atomic mass is 10.3. The molecule has 1 aliphatic rings. The Labute approximate surface area is 84.7 Å². The van der Waals surface area contributed by atoms with Gasteiger partial charge in [0.15, 0.2) is 5.82 Å². The van der Waals surface area contributed by atoms with Crippen LogP contribution < -0.4 is 10.6 Å². The molecule has 0 aliphatic heterocycles. The van der Waals surface area contributed by atoms with Gasteiger partial charge in [-0.1, -0.05) is 6.92 Å². The third-order valence-corrected chi connectivity index (χ3v) is 2.56. The van der Waals surface area contributed by atoms with E-state index in [1.54, 1.807) is 4.68 Å². The minimum absolute atomic E-state index is 0.687. The molecular weight excluding hydrogens is 176 g/mol. The number of nitrogens with two attached hydrogens (primary N) is 1. The number of hydrogen-bond donors (Lipinski definition) is 1. The van der Waals surface area contributed by atoms with Crippen molar-refractivity contribution in [3.05, 3.63) is 6.20 Å². The normalized spacial score (nSPS) is 15.9. The number of anilines is 2. The van der Waals surface area contributed by atoms with E-state index in [-0.39, 0.29) is 0 Å². The van der Waals surface area contributed by atoms with Crippen molar-refractivity contribution in [1.29, 1.82) is 0 Å². The van der Waals surface area contributed by atoms with E-state index >= 15 is 0 Å². The molecule has 4 heteroatoms. The van der Waals surface area contributed by atoms with Crippen LogP contribution in [0, 0.1) is 0 Å². The van der Waals surface area contributed by atoms with Crippen molar-refractivity contribution in [2.24, 2.45) is 7.05 Å². The van der Waals surface area contributed by atoms with Gasteiger partial charge in [0.25, 0.3) is 0 Å². The summed E-state index contributed by atoms with van der Waals surface area (Å²) in [4.78, 5) is 2.34. The van der Waals surface area contributed by atoms with E-state index in [0.29, 0.717) is 6.04 Å². The molecule has 0 aromatic carbocycles. The lowest BCUT2D eigenvalue weighted by molar-refractivity contribution is 0.712. The Kier molecular flexibility index (Phi) is 2.35. The van der Waals surface area contributed by atoms with Crippen molar-refractivity contribution in [1.82, 2.24) is 9.78 Å². The highest BCUT2D eigenvalue weighted by molar-refractivity contribution is 5.62. The summed E-state index contributed by atoms with van der Waals surface area (Å²) in [7, 11) is 1.91. The fourth-order valence-corrected chi connectivity index (χ4v) is 1.81. The number of hydrogen-bond acceptors (Lipinski definition) is 3. The second-order valence-corrected chi connectivity index (χ2v) is 4.01. The van der Waals surface area contributed by atoms with E-state index in [4.69, 9.17) is 5.73 Å². The first kappa shape index (κ1) is 9.37. The predicted molar refractivity (Wildman–Crippen MR) is 58.3 cm³/mol. The second-order valence-electron chi connectivity index (χ2n) is 4.01. The van der Waals surface area contributed by atoms with E-state index < -0.39 is 0 Å². The maximum atomic E-state index is 5.91. The smallest absolute Gasteiger partial charge is 0.174 e. The average molecular weight is 194 g/mol. The summed E-state index contributed by atoms with van der Waals surface area (Å²) in [5, 5.41) is 4.41. The number of aryl methyl sites for hydroxylation is 1. The summed E-state index contributed by atoms with van der Waals surface area (Å²) in [6.07, 6.45) is 5.60. The molecule has 1 aliphatic carbocycles. The second kappa shape index (κ2) is 3.52. The third-order valence-electron chi connectivity index (χ3n) is 2.56. The predicted octanol–water partition coefficient (Wildman–Crippen LogP) is 1.38. The Morgan fingerprint density at radius 2 is 2.36 bits per heavy atom. The Balaban J connectivity index is 2.20. The fraction of sp³-hybridized carbons (Fsp3) is 0.700. The standard InChI is InChI=1S/C10H18N4/c1-3-6-14(8-4-5-8)10-9(11)7-13(2)12-10/h7-8H,3-6,11H2,1-2H3. The topological polar surface area (TPSA) is 47.1 Å². The van der Waals surface area contributed by atoms with E-state index in [9.17, 15) is 0 Å². The van der Waals surface area contributed by atoms with Gasteiger partial charge in [-0.25, -0.2) is 0 Å². The van der Waals surface area contributed by atoms with Gasteiger partial charge in [-0.15, -0.1) is 0 Å². The van der Waals surface area contributed by atoms with E-state index in [2.05, 4.69) is 16.9 Å². The van der Waals surface area contributed by atoms with Gasteiger partial charge in [0, 0.05) is 25.8 Å². The zero-order chi connectivity index (χ0) is 10.1. The molecule has 1 heterocycles. The van der Waals surface area contributed by atoms with Crippen LogP contribution in [0.3, 0.4) is 0 Å². The lowest BCUT2D eigenvalue weighted by Gasteiger charge is -2.21. The van der Waals surface area contributed by atoms with E-state index in [0.717, 1.165) is 24.5 Å². The van der Waals surface area contributed by atoms with Gasteiger partial charge in [0.2, 0.25) is 0 Å². The molecule has 1 saturated carbocycles. The summed E-state index contributed by atoms with van der Waals surface area (Å²) in [6, 6.07) is 0.687. The van der Waals surface area contributed by atoms with Crippen molar-refractivity contribution in [3.63, 3.8) is 0 Å². The molecule has 0 amide bonds. The van der Waals surface area contributed by atoms with Crippen molar-refractivity contribution < 1.29 is 0 Å². The van der Waals surface area contributed by atoms with Crippen molar-refractivity contribution in [2.75, 3.05) is 17.2 Å². The van der Waals surface area contributed by atoms with Gasteiger partial charge in [0.05, 0.1) is 5.69 Å². The highest BCUT2D eigenvalue weighted by Crippen LogP contribution is 2.33. The van der Waals surface area contributed by atoms with E-state index in [1.807, 2.05) is 13.2 Å². The zero-order valence-electron chi connectivity index (χ0n) is 8.90. The summed E-state index contributed by atoms with van der Waals surface area (Å²) in [6.45, 7) is 3.25. The minimum atomic E-state index is 0.687. The number of rotatable bonds is 4. The molecule has 0 saturated heterocycles. The van der Waals surface area contributed by atoms with Crippen molar-refractivity contribution >= 4 is 11.5 Å². The number of nitrogen functional groups attached to an aromatic ring is 1. The van der Waals surface area contributed by atoms with Crippen molar-refractivity contribution in [2.45, 2.75) is 32.2 Å². The maximum absolute atomic E-state index is 5.91. The van der Waals surface area contributed by atoms with Crippen LogP contribution in [-0.2, 0) is 7.05 Å². The van der Waals surface area contributed by atoms with Gasteiger partial charge < -0.3 is 10.6 Å². The van der Waals surface area contributed by atoms with Crippen LogP contribution in [0.1, 0.15) is 26.2 Å². The van der Waals surface area contributed by atoms with Crippen LogP contribution in [-0.4, -0.2) is 22.4 Å². The molecule has 14 heavy (non-hydrogen) atoms. The van der Waals surface area contributed by atoms with E-state index in [1.165, 1.54) is 12.8 Å². The van der Waals surface area contributed by atoms with Crippen molar-refractivity contribution in [3.8, 4) is 0 Å². The SMILES string of the molecule is CCCN(c1nn(C)cc1N)C1CC1. The summed E-state index contributed by atoms with van der Waals surface area (Å²) in [5.74, 6) is 0.969. The van der Waals surface area contributed by atoms with Gasteiger partial charge >= 0.3 is 0 Å². The highest BCUT2D eigenvalue weighted by atomic mass is 15.4. The molecular formula is C10H18N4. The molecule has 0 radical (unpaired) electrons. The molecule has 0 spiro atoms. The molecule has 0 unspecified atom stereocenters. The molecule has 0 atom stereocenters. The van der Waals surface area contributed by atoms with Crippen LogP contribution in [0.4, 0.5) is 11.5 Å². The fourth-order valence-electron chi connectivity index (χ4n) is 1.81. The molecule has 2 rings (SSSR count). The maximum Gasteiger partial charge on any atom is 0.174 e. The largest absolute Gasteiger partial charge is 0.394 e. The highest BCUT2D eigenvalue weighted by Gasteiger charge is 2.30. The van der Waals surface area contributed by atoms with Crippen LogP contribution in [0.5, 0.6) is 0 Å². The Hall–Kier alpha value is -1.19. The Morgan fingerprint density at radius 1 is 1.64 bits per heavy atom. The third kappa shape index (κ3) is 1.69. The first-order valence-electron chi connectivity index (χ1n) is 5.28. The average Bonchev–Trinajstić information content (AvgIpc) is 2.89. The van der Waals surface area contributed by atoms with Crippen LogP contribution in [0.25, 0.3) is 0 Å². The van der Waals surface area contributed by atoms with Crippen LogP contribution >= 0.6 is 0 Å². The van der Waals surface area contributed by atoms with Gasteiger partial charge in [-0.3, -0.25) is 4.68 Å². The minimum Gasteiger partial charge on any atom is -0.394 e. The van der Waals surface area contributed by atoms with Gasteiger partial charge in [-0.2, -0.15) is 5.10 Å². The Morgan fingerprint density at radius 3 is 2.79 bits per heavy atom. The Bertz CT molecular complexity index is 314. The molecule has 2 N–H and O–H groups in total.